The summed E-state index contributed by atoms with van der Waals surface area (Å²) < 4.78 is 44.0. The number of nitrogens with one attached hydrogen (secondary N) is 1. The van der Waals surface area contributed by atoms with E-state index in [1.54, 1.807) is 0 Å². The molecule has 9 rings (SSSR count). The third kappa shape index (κ3) is 8.28. The normalized spacial score (nSPS) is 13.0. The minimum atomic E-state index is -4.30. The molecule has 1 N–H and O–H groups in total. The molecular weight excluding hydrogens is 903 g/mol. The first-order chi connectivity index (χ1) is 29.3. The Balaban J connectivity index is 0.00000514. The maximum absolute atomic E-state index is 14.8. The first kappa shape index (κ1) is 42.5. The summed E-state index contributed by atoms with van der Waals surface area (Å²) in [4.78, 5) is 0. The molecule has 0 amide bonds. The fourth-order valence-electron chi connectivity index (χ4n) is 8.20. The van der Waals surface area contributed by atoms with Crippen molar-refractivity contribution in [2.75, 3.05) is 11.2 Å². The van der Waals surface area contributed by atoms with Crippen LogP contribution in [0.3, 0.4) is 0 Å². The first-order valence-electron chi connectivity index (χ1n) is 19.9. The largest absolute Gasteiger partial charge is 0.452 e. The van der Waals surface area contributed by atoms with Crippen molar-refractivity contribution >= 4 is 63.0 Å². The molecule has 1 aliphatic rings. The summed E-state index contributed by atoms with van der Waals surface area (Å²) in [6.45, 7) is 4.45. The number of rotatable bonds is 12. The van der Waals surface area contributed by atoms with Crippen LogP contribution in [0.5, 0.6) is 11.5 Å². The Kier molecular flexibility index (Phi) is 12.6. The van der Waals surface area contributed by atoms with Gasteiger partial charge in [-0.25, -0.2) is 0 Å². The van der Waals surface area contributed by atoms with Crippen LogP contribution < -0.4 is 41.9 Å². The van der Waals surface area contributed by atoms with E-state index in [9.17, 15) is 8.42 Å². The predicted molar refractivity (Wildman–Crippen MR) is 253 cm³/mol. The minimum Gasteiger partial charge on any atom is -0.452 e. The molecule has 61 heavy (non-hydrogen) atoms. The summed E-state index contributed by atoms with van der Waals surface area (Å²) in [5, 5.41) is 8.96. The van der Waals surface area contributed by atoms with Gasteiger partial charge in [0.25, 0.3) is 7.49 Å². The van der Waals surface area contributed by atoms with Crippen molar-refractivity contribution in [2.24, 2.45) is 0 Å². The third-order valence-electron chi connectivity index (χ3n) is 11.1. The molecule has 0 bridgehead atoms. The van der Waals surface area contributed by atoms with Gasteiger partial charge in [0.2, 0.25) is 0 Å². The number of fused-ring (bicyclic) bond motifs is 2. The number of ether oxygens (including phenoxy) is 1. The molecule has 0 radical (unpaired) electrons. The fourth-order valence-corrected chi connectivity index (χ4v) is 16.3. The van der Waals surface area contributed by atoms with E-state index in [1.807, 2.05) is 140 Å². The summed E-state index contributed by atoms with van der Waals surface area (Å²) in [5.74, 6) is 0.963. The molecule has 9 heteroatoms. The van der Waals surface area contributed by atoms with Gasteiger partial charge in [-0.2, -0.15) is 8.42 Å². The molecule has 8 aromatic carbocycles. The van der Waals surface area contributed by atoms with Gasteiger partial charge in [0.05, 0.1) is 0 Å². The van der Waals surface area contributed by atoms with Crippen molar-refractivity contribution in [1.82, 2.24) is 0 Å². The Hall–Kier alpha value is -5.21. The van der Waals surface area contributed by atoms with Crippen molar-refractivity contribution in [1.29, 1.82) is 0 Å². The van der Waals surface area contributed by atoms with Crippen LogP contribution in [0.15, 0.2) is 212 Å². The van der Waals surface area contributed by atoms with Crippen molar-refractivity contribution in [3.63, 3.8) is 0 Å². The summed E-state index contributed by atoms with van der Waals surface area (Å²) >= 11 is 0. The van der Waals surface area contributed by atoms with E-state index < -0.39 is 36.8 Å². The van der Waals surface area contributed by atoms with Crippen molar-refractivity contribution in [3.8, 4) is 22.6 Å². The molecule has 0 saturated heterocycles. The first-order valence-corrected chi connectivity index (χ1v) is 24.6. The minimum absolute atomic E-state index is 0. The molecule has 0 atom stereocenters. The zero-order chi connectivity index (χ0) is 41.2. The van der Waals surface area contributed by atoms with Crippen LogP contribution in [0.25, 0.3) is 11.1 Å². The van der Waals surface area contributed by atoms with Gasteiger partial charge in [-0.1, -0.05) is 194 Å². The zero-order valence-electron chi connectivity index (χ0n) is 33.7. The molecular formula is C52H44NO4P2PdS+. The average Bonchev–Trinajstić information content (AvgIpc) is 3.29. The van der Waals surface area contributed by atoms with E-state index in [1.165, 1.54) is 10.6 Å². The topological polar surface area (TPSA) is 64.6 Å². The van der Waals surface area contributed by atoms with E-state index in [4.69, 9.17) is 8.71 Å². The molecule has 0 aliphatic carbocycles. The Labute approximate surface area is 374 Å². The second-order valence-corrected chi connectivity index (χ2v) is 22.1. The zero-order valence-corrected chi connectivity index (χ0v) is 37.8. The molecule has 0 spiro atoms. The summed E-state index contributed by atoms with van der Waals surface area (Å²) in [6, 6.07) is 71.1. The molecule has 0 aromatic heterocycles. The van der Waals surface area contributed by atoms with Gasteiger partial charge in [-0.05, 0) is 60.5 Å². The second-order valence-electron chi connectivity index (χ2n) is 15.2. The van der Waals surface area contributed by atoms with Crippen LogP contribution in [-0.4, -0.2) is 14.3 Å². The Bertz CT molecular complexity index is 2790. The van der Waals surface area contributed by atoms with Crippen molar-refractivity contribution < 1.29 is 37.5 Å². The van der Waals surface area contributed by atoms with Gasteiger partial charge in [-0.3, -0.25) is 0 Å². The maximum Gasteiger partial charge on any atom is 0.318 e. The van der Waals surface area contributed by atoms with E-state index >= 15 is 0 Å². The summed E-state index contributed by atoms with van der Waals surface area (Å²) in [7, 11) is -8.84. The van der Waals surface area contributed by atoms with Crippen molar-refractivity contribution in [3.05, 3.63) is 223 Å². The van der Waals surface area contributed by atoms with Crippen LogP contribution in [-0.2, 0) is 39.9 Å². The SMILES string of the molecule is CC1(C)c2cccc(P(c3ccccc3)c3ccccc3)c2Oc2c1cccc2[P+](OS(=O)(=O)CNc1ccccc1-c1ccccc1)(c1ccccc1)c1ccccc1.[Pd]. The molecule has 1 aliphatic heterocycles. The maximum atomic E-state index is 14.8. The van der Waals surface area contributed by atoms with Crippen LogP contribution in [0, 0.1) is 0 Å². The number of hydrogen-bond donors (Lipinski definition) is 1. The smallest absolute Gasteiger partial charge is 0.318 e. The van der Waals surface area contributed by atoms with Crippen LogP contribution in [0.1, 0.15) is 25.0 Å². The van der Waals surface area contributed by atoms with E-state index in [0.29, 0.717) is 16.7 Å². The number of benzene rings is 8. The van der Waals surface area contributed by atoms with Crippen LogP contribution >= 0.6 is 15.4 Å². The Morgan fingerprint density at radius 3 is 1.61 bits per heavy atom. The fraction of sp³-hybridized carbons (Fsp3) is 0.0769. The molecule has 306 valence electrons. The van der Waals surface area contributed by atoms with Gasteiger partial charge < -0.3 is 10.1 Å². The van der Waals surface area contributed by atoms with E-state index in [0.717, 1.165) is 43.9 Å². The van der Waals surface area contributed by atoms with Crippen LogP contribution in [0.2, 0.25) is 0 Å². The number of hydrogen-bond acceptors (Lipinski definition) is 5. The quantitative estimate of drug-likeness (QED) is 0.0977. The van der Waals surface area contributed by atoms with Gasteiger partial charge >= 0.3 is 10.1 Å². The second kappa shape index (κ2) is 18.0. The molecule has 1 heterocycles. The van der Waals surface area contributed by atoms with Gasteiger partial charge in [0, 0.05) is 53.5 Å². The molecule has 0 fully saturated rings. The summed E-state index contributed by atoms with van der Waals surface area (Å²) in [5.41, 5.74) is 4.08. The number of anilines is 1. The van der Waals surface area contributed by atoms with Crippen LogP contribution in [0.4, 0.5) is 5.69 Å². The molecule has 8 aromatic rings. The number of para-hydroxylation sites is 3. The van der Waals surface area contributed by atoms with E-state index in [2.05, 4.69) is 92.0 Å². The monoisotopic (exact) mass is 946 g/mol. The van der Waals surface area contributed by atoms with Gasteiger partial charge in [0.1, 0.15) is 22.2 Å². The van der Waals surface area contributed by atoms with E-state index in [-0.39, 0.29) is 20.4 Å². The van der Waals surface area contributed by atoms with Gasteiger partial charge in [0.15, 0.2) is 11.1 Å². The van der Waals surface area contributed by atoms with Crippen molar-refractivity contribution in [2.45, 2.75) is 19.3 Å². The molecule has 5 nitrogen and oxygen atoms in total. The Morgan fingerprint density at radius 2 is 1.03 bits per heavy atom. The predicted octanol–water partition coefficient (Wildman–Crippen LogP) is 10.2. The molecule has 0 unspecified atom stereocenters. The third-order valence-corrected chi connectivity index (χ3v) is 18.9. The van der Waals surface area contributed by atoms with Gasteiger partial charge in [-0.15, -0.1) is 0 Å². The molecule has 0 saturated carbocycles. The standard InChI is InChI=1S/C52H44NO4P2S.Pd/c1-52(2)45-33-20-36-48(58(40-24-10-4-11-25-40)41-26-12-5-13-27-41)50(45)56-51-46(52)34-21-37-49(51)59(42-28-14-6-15-29-42,43-30-16-7-17-31-43)57-60(54,55)38-53-47-35-19-18-32-44(47)39-22-8-3-9-23-39;/h3-37,53H,38H2,1-2H3;/q+1;. The summed E-state index contributed by atoms with van der Waals surface area (Å²) in [6.07, 6.45) is 0. The average molecular weight is 947 g/mol. The Morgan fingerprint density at radius 1 is 0.557 bits per heavy atom.